The van der Waals surface area contributed by atoms with Crippen LogP contribution in [0.5, 0.6) is 0 Å². The van der Waals surface area contributed by atoms with Crippen molar-refractivity contribution in [3.8, 4) is 0 Å². The summed E-state index contributed by atoms with van der Waals surface area (Å²) >= 11 is 4.75. The van der Waals surface area contributed by atoms with Crippen molar-refractivity contribution in [2.75, 3.05) is 13.7 Å². The zero-order chi connectivity index (χ0) is 14.8. The van der Waals surface area contributed by atoms with Gasteiger partial charge in [-0.05, 0) is 26.0 Å². The summed E-state index contributed by atoms with van der Waals surface area (Å²) in [5, 5.41) is 9.24. The molecule has 0 unspecified atom stereocenters. The van der Waals surface area contributed by atoms with E-state index in [-0.39, 0.29) is 16.5 Å². The highest BCUT2D eigenvalue weighted by Crippen LogP contribution is 2.22. The van der Waals surface area contributed by atoms with Crippen LogP contribution in [0, 0.1) is 0 Å². The van der Waals surface area contributed by atoms with Crippen molar-refractivity contribution in [1.82, 2.24) is 9.29 Å². The van der Waals surface area contributed by atoms with E-state index >= 15 is 0 Å². The number of nitrogens with two attached hydrogens (primary N) is 1. The normalized spacial score (nSPS) is 12.7. The molecule has 0 bridgehead atoms. The van der Waals surface area contributed by atoms with Gasteiger partial charge < -0.3 is 10.8 Å². The molecule has 0 saturated heterocycles. The topological polar surface area (TPSA) is 96.5 Å². The summed E-state index contributed by atoms with van der Waals surface area (Å²) in [7, 11) is -2.31. The highest BCUT2D eigenvalue weighted by atomic mass is 32.2. The molecule has 0 aliphatic heterocycles. The first-order chi connectivity index (χ1) is 8.63. The van der Waals surface area contributed by atoms with E-state index in [9.17, 15) is 13.5 Å². The fourth-order valence-electron chi connectivity index (χ4n) is 1.26. The van der Waals surface area contributed by atoms with Gasteiger partial charge in [0.1, 0.15) is 9.88 Å². The third kappa shape index (κ3) is 3.27. The van der Waals surface area contributed by atoms with Crippen LogP contribution in [0.4, 0.5) is 0 Å². The number of aliphatic hydroxyl groups excluding tert-OH is 1. The summed E-state index contributed by atoms with van der Waals surface area (Å²) in [5.41, 5.74) is 4.86. The maximum absolute atomic E-state index is 12.3. The van der Waals surface area contributed by atoms with Gasteiger partial charge in [-0.3, -0.25) is 4.98 Å². The molecule has 1 rings (SSSR count). The Bertz CT molecular complexity index is 567. The Kier molecular flexibility index (Phi) is 4.62. The van der Waals surface area contributed by atoms with E-state index in [0.717, 1.165) is 4.31 Å². The second-order valence-electron chi connectivity index (χ2n) is 4.69. The van der Waals surface area contributed by atoms with Crippen LogP contribution in [0.1, 0.15) is 19.5 Å². The van der Waals surface area contributed by atoms with Gasteiger partial charge in [-0.1, -0.05) is 12.2 Å². The Morgan fingerprint density at radius 3 is 2.47 bits per heavy atom. The number of thiocarbonyl (C=S) groups is 1. The van der Waals surface area contributed by atoms with Gasteiger partial charge in [0.15, 0.2) is 0 Å². The van der Waals surface area contributed by atoms with Gasteiger partial charge in [-0.25, -0.2) is 8.42 Å². The molecule has 0 saturated carbocycles. The highest BCUT2D eigenvalue weighted by molar-refractivity contribution is 7.89. The van der Waals surface area contributed by atoms with Crippen molar-refractivity contribution in [1.29, 1.82) is 0 Å². The summed E-state index contributed by atoms with van der Waals surface area (Å²) in [5.74, 6) is 0. The molecule has 0 amide bonds. The number of aromatic nitrogens is 1. The molecule has 0 fully saturated rings. The van der Waals surface area contributed by atoms with Crippen molar-refractivity contribution >= 4 is 27.2 Å². The Labute approximate surface area is 118 Å². The van der Waals surface area contributed by atoms with E-state index < -0.39 is 15.6 Å². The van der Waals surface area contributed by atoms with Crippen LogP contribution in [0.2, 0.25) is 0 Å². The largest absolute Gasteiger partial charge is 0.394 e. The predicted octanol–water partition coefficient (Wildman–Crippen LogP) is 0.107. The summed E-state index contributed by atoms with van der Waals surface area (Å²) in [6.45, 7) is 2.96. The van der Waals surface area contributed by atoms with Crippen LogP contribution in [0.3, 0.4) is 0 Å². The van der Waals surface area contributed by atoms with Crippen LogP contribution in [-0.2, 0) is 10.0 Å². The zero-order valence-electron chi connectivity index (χ0n) is 11.0. The molecule has 1 heterocycles. The third-order valence-corrected chi connectivity index (χ3v) is 5.15. The number of rotatable bonds is 5. The average molecular weight is 303 g/mol. The maximum atomic E-state index is 12.3. The lowest BCUT2D eigenvalue weighted by Gasteiger charge is -2.32. The van der Waals surface area contributed by atoms with Gasteiger partial charge in [-0.15, -0.1) is 0 Å². The van der Waals surface area contributed by atoms with Gasteiger partial charge >= 0.3 is 0 Å². The number of nitrogens with zero attached hydrogens (tertiary/aromatic N) is 2. The van der Waals surface area contributed by atoms with Gasteiger partial charge in [0, 0.05) is 13.2 Å². The molecule has 6 nitrogen and oxygen atoms in total. The standard InChI is InChI=1S/C11H17N3O3S2/c1-11(2,7-15)14(3)19(16,17)8-4-5-9(10(12)18)13-6-8/h4-6,15H,7H2,1-3H3,(H2,12,18). The molecule has 1 aromatic rings. The molecule has 3 N–H and O–H groups in total. The fraction of sp³-hybridized carbons (Fsp3) is 0.455. The smallest absolute Gasteiger partial charge is 0.244 e. The lowest BCUT2D eigenvalue weighted by atomic mass is 10.1. The van der Waals surface area contributed by atoms with E-state index in [1.165, 1.54) is 25.4 Å². The highest BCUT2D eigenvalue weighted by Gasteiger charge is 2.33. The van der Waals surface area contributed by atoms with Crippen molar-refractivity contribution in [3.05, 3.63) is 24.0 Å². The Hall–Kier alpha value is -1.09. The van der Waals surface area contributed by atoms with Gasteiger partial charge in [-0.2, -0.15) is 4.31 Å². The molecule has 0 spiro atoms. The molecule has 106 valence electrons. The number of sulfonamides is 1. The Balaban J connectivity index is 3.17. The molecule has 19 heavy (non-hydrogen) atoms. The second kappa shape index (κ2) is 5.49. The zero-order valence-corrected chi connectivity index (χ0v) is 12.6. The van der Waals surface area contributed by atoms with Gasteiger partial charge in [0.25, 0.3) is 0 Å². The summed E-state index contributed by atoms with van der Waals surface area (Å²) in [6.07, 6.45) is 1.20. The van der Waals surface area contributed by atoms with Crippen molar-refractivity contribution in [2.24, 2.45) is 5.73 Å². The number of hydrogen-bond acceptors (Lipinski definition) is 5. The minimum absolute atomic E-state index is 0.0246. The number of likely N-dealkylation sites (N-methyl/N-ethyl adjacent to an activating group) is 1. The molecule has 0 aliphatic carbocycles. The van der Waals surface area contributed by atoms with Crippen molar-refractivity contribution in [2.45, 2.75) is 24.3 Å². The van der Waals surface area contributed by atoms with E-state index in [1.54, 1.807) is 13.8 Å². The first kappa shape index (κ1) is 16.0. The quantitative estimate of drug-likeness (QED) is 0.749. The van der Waals surface area contributed by atoms with Crippen molar-refractivity contribution < 1.29 is 13.5 Å². The maximum Gasteiger partial charge on any atom is 0.244 e. The van der Waals surface area contributed by atoms with Crippen LogP contribution in [0.25, 0.3) is 0 Å². The predicted molar refractivity (Wildman–Crippen MR) is 76.2 cm³/mol. The van der Waals surface area contributed by atoms with E-state index in [4.69, 9.17) is 18.0 Å². The number of aliphatic hydroxyl groups is 1. The Morgan fingerprint density at radius 2 is 2.11 bits per heavy atom. The SMILES string of the molecule is CN(C(C)(C)CO)S(=O)(=O)c1ccc(C(N)=S)nc1. The summed E-state index contributed by atoms with van der Waals surface area (Å²) in [6, 6.07) is 2.84. The number of pyridine rings is 1. The van der Waals surface area contributed by atoms with E-state index in [1.807, 2.05) is 0 Å². The first-order valence-electron chi connectivity index (χ1n) is 5.48. The molecule has 0 aliphatic rings. The Morgan fingerprint density at radius 1 is 1.53 bits per heavy atom. The van der Waals surface area contributed by atoms with E-state index in [0.29, 0.717) is 5.69 Å². The van der Waals surface area contributed by atoms with Crippen LogP contribution < -0.4 is 5.73 Å². The molecule has 8 heteroatoms. The van der Waals surface area contributed by atoms with Crippen LogP contribution in [0.15, 0.2) is 23.2 Å². The van der Waals surface area contributed by atoms with Gasteiger partial charge in [0.2, 0.25) is 10.0 Å². The second-order valence-corrected chi connectivity index (χ2v) is 7.10. The molecule has 0 radical (unpaired) electrons. The van der Waals surface area contributed by atoms with Crippen molar-refractivity contribution in [3.63, 3.8) is 0 Å². The molecule has 1 aromatic heterocycles. The van der Waals surface area contributed by atoms with Crippen LogP contribution in [-0.4, -0.2) is 47.0 Å². The molecule has 0 atom stereocenters. The van der Waals surface area contributed by atoms with Gasteiger partial charge in [0.05, 0.1) is 17.8 Å². The molecular formula is C11H17N3O3S2. The monoisotopic (exact) mass is 303 g/mol. The number of hydrogen-bond donors (Lipinski definition) is 2. The lowest BCUT2D eigenvalue weighted by Crippen LogP contribution is -2.47. The van der Waals surface area contributed by atoms with E-state index in [2.05, 4.69) is 4.98 Å². The first-order valence-corrected chi connectivity index (χ1v) is 7.33. The minimum atomic E-state index is -3.72. The lowest BCUT2D eigenvalue weighted by molar-refractivity contribution is 0.138. The third-order valence-electron chi connectivity index (χ3n) is 2.89. The summed E-state index contributed by atoms with van der Waals surface area (Å²) in [4.78, 5) is 4.03. The summed E-state index contributed by atoms with van der Waals surface area (Å²) < 4.78 is 25.8. The van der Waals surface area contributed by atoms with Crippen LogP contribution >= 0.6 is 12.2 Å². The average Bonchev–Trinajstić information content (AvgIpc) is 2.37. The fourth-order valence-corrected chi connectivity index (χ4v) is 2.83. The molecular weight excluding hydrogens is 286 g/mol. The minimum Gasteiger partial charge on any atom is -0.394 e. The molecule has 0 aromatic carbocycles.